The van der Waals surface area contributed by atoms with E-state index >= 15 is 0 Å². The second kappa shape index (κ2) is 7.20. The molecule has 5 nitrogen and oxygen atoms in total. The van der Waals surface area contributed by atoms with E-state index in [0.717, 1.165) is 0 Å². The van der Waals surface area contributed by atoms with Crippen molar-refractivity contribution in [2.45, 2.75) is 65.2 Å². The average Bonchev–Trinajstić information content (AvgIpc) is 3.06. The van der Waals surface area contributed by atoms with Crippen molar-refractivity contribution < 1.29 is 22.4 Å². The minimum absolute atomic E-state index is 0.0581. The van der Waals surface area contributed by atoms with E-state index in [0.29, 0.717) is 6.61 Å². The molecule has 0 bridgehead atoms. The molecule has 2 radical (unpaired) electrons. The molecule has 2 fully saturated rings. The van der Waals surface area contributed by atoms with Crippen molar-refractivity contribution in [1.82, 2.24) is 0 Å². The van der Waals surface area contributed by atoms with E-state index in [1.54, 1.807) is 23.5 Å². The highest BCUT2D eigenvalue weighted by molar-refractivity contribution is 8.19. The van der Waals surface area contributed by atoms with Crippen LogP contribution in [0.25, 0.3) is 0 Å². The second-order valence-electron chi connectivity index (χ2n) is 7.51. The summed E-state index contributed by atoms with van der Waals surface area (Å²) in [7, 11) is -4.60. The van der Waals surface area contributed by atoms with Crippen molar-refractivity contribution in [2.75, 3.05) is 6.61 Å². The zero-order valence-corrected chi connectivity index (χ0v) is 19.0. The average molecular weight is 429 g/mol. The third kappa shape index (κ3) is 4.11. The molecule has 0 N–H and O–H groups in total. The molecule has 9 heteroatoms. The zero-order chi connectivity index (χ0) is 18.5. The molecular formula is C17H24O5S2Si2. The molecule has 142 valence electrons. The van der Waals surface area contributed by atoms with Crippen molar-refractivity contribution in [3.63, 3.8) is 0 Å². The second-order valence-corrected chi connectivity index (χ2v) is 17.0. The number of hydrogen-bond donors (Lipinski definition) is 0. The van der Waals surface area contributed by atoms with Gasteiger partial charge in [-0.05, 0) is 45.2 Å². The fourth-order valence-corrected chi connectivity index (χ4v) is 12.7. The minimum Gasteiger partial charge on any atom is -0.415 e. The summed E-state index contributed by atoms with van der Waals surface area (Å²) in [4.78, 5) is 2.47. The highest BCUT2D eigenvalue weighted by atomic mass is 32.2. The molecule has 4 rings (SSSR count). The summed E-state index contributed by atoms with van der Waals surface area (Å²) < 4.78 is 31.0. The lowest BCUT2D eigenvalue weighted by Gasteiger charge is -2.40. The molecule has 4 atom stereocenters. The summed E-state index contributed by atoms with van der Waals surface area (Å²) >= 11 is 3.41. The van der Waals surface area contributed by atoms with Crippen LogP contribution in [0.3, 0.4) is 0 Å². The molecule has 1 aromatic carbocycles. The van der Waals surface area contributed by atoms with Crippen molar-refractivity contribution in [2.24, 2.45) is 0 Å². The van der Waals surface area contributed by atoms with Gasteiger partial charge in [0.1, 0.15) is 18.3 Å². The van der Waals surface area contributed by atoms with Crippen molar-refractivity contribution in [1.29, 1.82) is 0 Å². The van der Waals surface area contributed by atoms with Gasteiger partial charge in [0.2, 0.25) is 0 Å². The van der Waals surface area contributed by atoms with Gasteiger partial charge in [0, 0.05) is 9.79 Å². The molecule has 26 heavy (non-hydrogen) atoms. The van der Waals surface area contributed by atoms with Crippen LogP contribution in [0.1, 0.15) is 0 Å². The molecular weight excluding hydrogens is 404 g/mol. The van der Waals surface area contributed by atoms with Crippen LogP contribution in [0.4, 0.5) is 0 Å². The largest absolute Gasteiger partial charge is 0.415 e. The zero-order valence-electron chi connectivity index (χ0n) is 15.3. The lowest BCUT2D eigenvalue weighted by Crippen LogP contribution is -2.57. The van der Waals surface area contributed by atoms with Crippen LogP contribution in [0.5, 0.6) is 0 Å². The lowest BCUT2D eigenvalue weighted by atomic mass is 10.1. The van der Waals surface area contributed by atoms with Crippen LogP contribution in [-0.4, -0.2) is 52.9 Å². The Kier molecular flexibility index (Phi) is 5.39. The molecule has 1 unspecified atom stereocenters. The van der Waals surface area contributed by atoms with Gasteiger partial charge in [0.05, 0.1) is 12.7 Å². The molecule has 0 amide bonds. The van der Waals surface area contributed by atoms with Gasteiger partial charge in [-0.1, -0.05) is 35.7 Å². The first kappa shape index (κ1) is 19.5. The van der Waals surface area contributed by atoms with E-state index in [1.165, 1.54) is 9.79 Å². The number of fused-ring (bicyclic) bond motifs is 2. The van der Waals surface area contributed by atoms with Crippen LogP contribution >= 0.6 is 23.5 Å². The Morgan fingerprint density at radius 3 is 2.38 bits per heavy atom. The molecule has 3 heterocycles. The summed E-state index contributed by atoms with van der Waals surface area (Å²) in [6.45, 7) is 14.9. The first-order valence-corrected chi connectivity index (χ1v) is 16.1. The van der Waals surface area contributed by atoms with Gasteiger partial charge in [0.25, 0.3) is 0 Å². The van der Waals surface area contributed by atoms with Gasteiger partial charge >= 0.3 is 17.1 Å². The van der Waals surface area contributed by atoms with Gasteiger partial charge in [0.15, 0.2) is 4.77 Å². The van der Waals surface area contributed by atoms with E-state index in [1.807, 2.05) is 38.3 Å². The topological polar surface area (TPSA) is 46.2 Å². The number of ether oxygens (including phenoxy) is 2. The van der Waals surface area contributed by atoms with Gasteiger partial charge in [-0.15, -0.1) is 0 Å². The number of thioether (sulfide) groups is 2. The Balaban J connectivity index is 1.49. The first-order chi connectivity index (χ1) is 12.2. The molecule has 3 aliphatic heterocycles. The van der Waals surface area contributed by atoms with Crippen LogP contribution in [0, 0.1) is 6.92 Å². The SMILES string of the molecule is [CH][C@@H]1O[C@H]2CO[Si](C)(C)O[Si](C)(C)O[C@@H]2C1OC1Sc2ccccc2S1. The Bertz CT molecular complexity index is 649. The Hall–Kier alpha value is 0.154. The molecule has 0 aromatic heterocycles. The van der Waals surface area contributed by atoms with Crippen LogP contribution < -0.4 is 0 Å². The van der Waals surface area contributed by atoms with E-state index in [4.69, 9.17) is 29.4 Å². The normalized spacial score (nSPS) is 36.2. The lowest BCUT2D eigenvalue weighted by molar-refractivity contribution is -0.0320. The summed E-state index contributed by atoms with van der Waals surface area (Å²) in [6.07, 6.45) is -1.38. The number of hydrogen-bond acceptors (Lipinski definition) is 7. The molecule has 0 saturated carbocycles. The number of rotatable bonds is 2. The van der Waals surface area contributed by atoms with E-state index in [9.17, 15) is 0 Å². The standard InChI is InChI=1S/C17H24O5S2Si2/c1-11-15(20-17-23-13-8-6-7-9-14(13)24-17)16-12(19-11)10-18-25(2,3)22-26(4,5)21-16/h1,6-9,11-12,15-17H,10H2,2-5H3/t11-,12-,15?,16-/m0/s1. The predicted molar refractivity (Wildman–Crippen MR) is 107 cm³/mol. The van der Waals surface area contributed by atoms with Crippen molar-refractivity contribution >= 4 is 40.6 Å². The molecule has 2 saturated heterocycles. The van der Waals surface area contributed by atoms with E-state index in [2.05, 4.69) is 12.1 Å². The van der Waals surface area contributed by atoms with Crippen LogP contribution in [0.15, 0.2) is 34.1 Å². The fraction of sp³-hybridized carbons (Fsp3) is 0.588. The van der Waals surface area contributed by atoms with Gasteiger partial charge in [-0.2, -0.15) is 0 Å². The molecule has 3 aliphatic rings. The van der Waals surface area contributed by atoms with Gasteiger partial charge in [-0.25, -0.2) is 0 Å². The van der Waals surface area contributed by atoms with Gasteiger partial charge < -0.3 is 22.4 Å². The summed E-state index contributed by atoms with van der Waals surface area (Å²) in [5, 5.41) is 0. The monoisotopic (exact) mass is 428 g/mol. The predicted octanol–water partition coefficient (Wildman–Crippen LogP) is 3.87. The Morgan fingerprint density at radius 2 is 1.73 bits per heavy atom. The summed E-state index contributed by atoms with van der Waals surface area (Å²) in [6, 6.07) is 8.31. The Labute approximate surface area is 165 Å². The summed E-state index contributed by atoms with van der Waals surface area (Å²) in [5.41, 5.74) is 0. The number of benzene rings is 1. The van der Waals surface area contributed by atoms with E-state index < -0.39 is 23.2 Å². The fourth-order valence-electron chi connectivity index (χ4n) is 3.50. The van der Waals surface area contributed by atoms with Crippen molar-refractivity contribution in [3.8, 4) is 0 Å². The van der Waals surface area contributed by atoms with Crippen LogP contribution in [0.2, 0.25) is 26.2 Å². The van der Waals surface area contributed by atoms with Crippen molar-refractivity contribution in [3.05, 3.63) is 31.2 Å². The quantitative estimate of drug-likeness (QED) is 0.663. The highest BCUT2D eigenvalue weighted by Crippen LogP contribution is 2.49. The molecule has 1 aromatic rings. The maximum atomic E-state index is 6.43. The minimum atomic E-state index is -2.38. The van der Waals surface area contributed by atoms with Crippen LogP contribution in [-0.2, 0) is 22.4 Å². The maximum absolute atomic E-state index is 6.43. The Morgan fingerprint density at radius 1 is 1.08 bits per heavy atom. The smallest absolute Gasteiger partial charge is 0.323 e. The highest BCUT2D eigenvalue weighted by Gasteiger charge is 2.52. The van der Waals surface area contributed by atoms with E-state index in [-0.39, 0.29) is 23.1 Å². The summed E-state index contributed by atoms with van der Waals surface area (Å²) in [5.74, 6) is 0. The maximum Gasteiger partial charge on any atom is 0.323 e. The third-order valence-corrected chi connectivity index (χ3v) is 12.6. The molecule has 0 spiro atoms. The third-order valence-electron chi connectivity index (χ3n) is 4.42. The first-order valence-electron chi connectivity index (χ1n) is 8.73. The molecule has 0 aliphatic carbocycles. The van der Waals surface area contributed by atoms with Gasteiger partial charge in [-0.3, -0.25) is 0 Å².